The molecule has 2 saturated heterocycles. The Morgan fingerprint density at radius 1 is 1.03 bits per heavy atom. The summed E-state index contributed by atoms with van der Waals surface area (Å²) in [6, 6.07) is 10.7. The molecule has 1 unspecified atom stereocenters. The van der Waals surface area contributed by atoms with Crippen LogP contribution in [0, 0.1) is 0 Å². The minimum Gasteiger partial charge on any atom is -0.492 e. The number of carbonyl (C=O) groups is 1. The second kappa shape index (κ2) is 10.6. The van der Waals surface area contributed by atoms with Crippen LogP contribution in [0.1, 0.15) is 38.1 Å². The maximum Gasteiger partial charge on any atom is 0.453 e. The molecular weight excluding hydrogens is 515 g/mol. The van der Waals surface area contributed by atoms with E-state index >= 15 is 0 Å². The Morgan fingerprint density at radius 3 is 2.31 bits per heavy atom. The first-order valence-corrected chi connectivity index (χ1v) is 13.0. The number of rotatable bonds is 6. The third-order valence-corrected chi connectivity index (χ3v) is 7.68. The molecule has 0 spiro atoms. The monoisotopic (exact) mass is 547 g/mol. The number of benzene rings is 1. The predicted molar refractivity (Wildman–Crippen MR) is 136 cm³/mol. The topological polar surface area (TPSA) is 99.3 Å². The minimum absolute atomic E-state index is 0.0202. The number of hydrogen-bond donors (Lipinski definition) is 1. The van der Waals surface area contributed by atoms with Crippen LogP contribution in [-0.2, 0) is 16.6 Å². The van der Waals surface area contributed by atoms with Crippen LogP contribution < -0.4 is 9.64 Å². The van der Waals surface area contributed by atoms with Gasteiger partial charge in [-0.1, -0.05) is 12.1 Å². The summed E-state index contributed by atoms with van der Waals surface area (Å²) in [6.07, 6.45) is -3.87. The average molecular weight is 548 g/mol. The number of hydrogen-bond acceptors (Lipinski definition) is 8. The molecule has 0 aliphatic carbocycles. The van der Waals surface area contributed by atoms with Gasteiger partial charge in [0.15, 0.2) is 5.65 Å². The van der Waals surface area contributed by atoms with Gasteiger partial charge in [0, 0.05) is 52.2 Å². The van der Waals surface area contributed by atoms with Gasteiger partial charge in [-0.2, -0.15) is 17.7 Å². The van der Waals surface area contributed by atoms with Gasteiger partial charge >= 0.3 is 6.18 Å². The summed E-state index contributed by atoms with van der Waals surface area (Å²) in [5.41, 5.74) is -0.271. The molecule has 3 aromatic rings. The smallest absolute Gasteiger partial charge is 0.453 e. The van der Waals surface area contributed by atoms with Crippen molar-refractivity contribution in [2.24, 2.45) is 0 Å². The number of nitrogens with zero attached hydrogens (tertiary/aromatic N) is 7. The van der Waals surface area contributed by atoms with E-state index in [1.807, 2.05) is 34.1 Å². The van der Waals surface area contributed by atoms with Gasteiger partial charge in [-0.05, 0) is 49.6 Å². The first kappa shape index (κ1) is 27.1. The van der Waals surface area contributed by atoms with Crippen molar-refractivity contribution in [3.63, 3.8) is 0 Å². The van der Waals surface area contributed by atoms with E-state index < -0.39 is 17.6 Å². The Morgan fingerprint density at radius 2 is 1.69 bits per heavy atom. The first-order chi connectivity index (χ1) is 18.5. The quantitative estimate of drug-likeness (QED) is 0.503. The molecule has 1 atom stereocenters. The lowest BCUT2D eigenvalue weighted by Gasteiger charge is -2.39. The number of amides is 1. The lowest BCUT2D eigenvalue weighted by molar-refractivity contribution is -0.146. The Kier molecular flexibility index (Phi) is 7.38. The number of alkyl halides is 3. The van der Waals surface area contributed by atoms with Gasteiger partial charge in [-0.3, -0.25) is 9.69 Å². The lowest BCUT2D eigenvalue weighted by atomic mass is 9.84. The van der Waals surface area contributed by atoms with Crippen LogP contribution in [-0.4, -0.2) is 92.5 Å². The zero-order valence-electron chi connectivity index (χ0n) is 21.9. The highest BCUT2D eigenvalue weighted by Gasteiger charge is 2.38. The van der Waals surface area contributed by atoms with Crippen LogP contribution in [0.25, 0.3) is 5.65 Å². The molecule has 39 heavy (non-hydrogen) atoms. The number of piperazine rings is 1. The van der Waals surface area contributed by atoms with Crippen molar-refractivity contribution in [3.05, 3.63) is 47.8 Å². The molecule has 0 saturated carbocycles. The van der Waals surface area contributed by atoms with Crippen molar-refractivity contribution in [1.29, 1.82) is 0 Å². The van der Waals surface area contributed by atoms with Crippen LogP contribution in [0.2, 0.25) is 0 Å². The highest BCUT2D eigenvalue weighted by atomic mass is 19.4. The number of carbonyl (C=O) groups excluding carboxylic acids is 1. The second-order valence-corrected chi connectivity index (χ2v) is 10.2. The van der Waals surface area contributed by atoms with Gasteiger partial charge in [-0.15, -0.1) is 15.3 Å². The van der Waals surface area contributed by atoms with Crippen molar-refractivity contribution >= 4 is 17.4 Å². The highest BCUT2D eigenvalue weighted by molar-refractivity contribution is 5.73. The molecule has 13 heteroatoms. The third kappa shape index (κ3) is 5.78. The molecule has 2 aromatic heterocycles. The van der Waals surface area contributed by atoms with Crippen molar-refractivity contribution in [2.75, 3.05) is 50.8 Å². The largest absolute Gasteiger partial charge is 0.492 e. The Bertz CT molecular complexity index is 1300. The summed E-state index contributed by atoms with van der Waals surface area (Å²) < 4.78 is 46.4. The summed E-state index contributed by atoms with van der Waals surface area (Å²) in [6.45, 7) is 8.15. The van der Waals surface area contributed by atoms with Crippen LogP contribution in [0.4, 0.5) is 19.0 Å². The molecule has 1 aromatic carbocycles. The number of fused-ring (bicyclic) bond motifs is 1. The van der Waals surface area contributed by atoms with Crippen LogP contribution >= 0.6 is 0 Å². The molecule has 2 fully saturated rings. The summed E-state index contributed by atoms with van der Waals surface area (Å²) in [4.78, 5) is 17.5. The number of aromatic nitrogens is 4. The first-order valence-electron chi connectivity index (χ1n) is 13.0. The molecule has 10 nitrogen and oxygen atoms in total. The molecule has 2 aliphatic heterocycles. The van der Waals surface area contributed by atoms with Crippen LogP contribution in [0.3, 0.4) is 0 Å². The molecule has 5 rings (SSSR count). The predicted octanol–water partition coefficient (Wildman–Crippen LogP) is 2.56. The molecular formula is C26H32F3N7O3. The van der Waals surface area contributed by atoms with E-state index in [4.69, 9.17) is 4.74 Å². The fourth-order valence-electron chi connectivity index (χ4n) is 5.18. The van der Waals surface area contributed by atoms with E-state index in [-0.39, 0.29) is 17.6 Å². The van der Waals surface area contributed by atoms with E-state index in [1.54, 1.807) is 13.0 Å². The highest BCUT2D eigenvalue weighted by Crippen LogP contribution is 2.35. The summed E-state index contributed by atoms with van der Waals surface area (Å²) >= 11 is 0. The van der Waals surface area contributed by atoms with Gasteiger partial charge in [0.2, 0.25) is 5.91 Å². The molecule has 2 aliphatic rings. The number of anilines is 1. The van der Waals surface area contributed by atoms with Gasteiger partial charge in [0.05, 0.1) is 5.60 Å². The second-order valence-electron chi connectivity index (χ2n) is 10.2. The molecule has 1 amide bonds. The minimum atomic E-state index is -4.66. The molecule has 0 bridgehead atoms. The Balaban J connectivity index is 1.16. The molecule has 0 radical (unpaired) electrons. The van der Waals surface area contributed by atoms with Crippen molar-refractivity contribution < 1.29 is 27.8 Å². The van der Waals surface area contributed by atoms with E-state index in [0.717, 1.165) is 31.7 Å². The van der Waals surface area contributed by atoms with Gasteiger partial charge in [-0.25, -0.2) is 0 Å². The van der Waals surface area contributed by atoms with Crippen LogP contribution in [0.15, 0.2) is 36.4 Å². The number of ether oxygens (including phenoxy) is 1. The van der Waals surface area contributed by atoms with Crippen LogP contribution in [0.5, 0.6) is 5.75 Å². The zero-order chi connectivity index (χ0) is 27.8. The third-order valence-electron chi connectivity index (χ3n) is 7.68. The maximum absolute atomic E-state index is 13.2. The van der Waals surface area contributed by atoms with Gasteiger partial charge in [0.1, 0.15) is 18.2 Å². The van der Waals surface area contributed by atoms with Gasteiger partial charge < -0.3 is 19.6 Å². The summed E-state index contributed by atoms with van der Waals surface area (Å²) in [7, 11) is 0. The lowest BCUT2D eigenvalue weighted by Crippen LogP contribution is -2.52. The number of piperidine rings is 1. The van der Waals surface area contributed by atoms with E-state index in [2.05, 4.69) is 27.1 Å². The van der Waals surface area contributed by atoms with Crippen molar-refractivity contribution in [3.8, 4) is 5.75 Å². The van der Waals surface area contributed by atoms with Crippen molar-refractivity contribution in [1.82, 2.24) is 29.6 Å². The SMILES string of the molecule is CC(=O)N1CCN(C(C)COc2ccc(C3(O)CCN(c4ccc5nnc(C(F)(F)F)n5n4)CC3)cc2)CC1. The fraction of sp³-hybridized carbons (Fsp3) is 0.538. The average Bonchev–Trinajstić information content (AvgIpc) is 3.37. The molecule has 210 valence electrons. The van der Waals surface area contributed by atoms with E-state index in [9.17, 15) is 23.1 Å². The number of halogens is 3. The van der Waals surface area contributed by atoms with Crippen molar-refractivity contribution in [2.45, 2.75) is 44.5 Å². The maximum atomic E-state index is 13.2. The molecule has 4 heterocycles. The van der Waals surface area contributed by atoms with Gasteiger partial charge in [0.25, 0.3) is 5.82 Å². The standard InChI is InChI=1S/C26H32F3N7O3/c1-18(33-13-15-34(16-14-33)19(2)37)17-39-21-5-3-20(4-6-21)25(38)9-11-35(12-10-25)23-8-7-22-30-31-24(26(27,28)29)36(22)32-23/h3-8,18,38H,9-17H2,1-2H3. The Hall–Kier alpha value is -3.45. The zero-order valence-corrected chi connectivity index (χ0v) is 21.9. The van der Waals surface area contributed by atoms with E-state index in [0.29, 0.717) is 48.6 Å². The normalized spacial score (nSPS) is 19.3. The Labute approximate surface area is 224 Å². The summed E-state index contributed by atoms with van der Waals surface area (Å²) in [5.74, 6) is 0.0205. The fourth-order valence-corrected chi connectivity index (χ4v) is 5.18. The molecule has 1 N–H and O–H groups in total. The summed E-state index contributed by atoms with van der Waals surface area (Å²) in [5, 5.41) is 22.2. The number of aliphatic hydroxyl groups is 1. The van der Waals surface area contributed by atoms with E-state index in [1.165, 1.54) is 6.07 Å².